The molecule has 4 nitrogen and oxygen atoms in total. The summed E-state index contributed by atoms with van der Waals surface area (Å²) in [4.78, 5) is 0. The van der Waals surface area contributed by atoms with Crippen LogP contribution in [-0.4, -0.2) is 21.0 Å². The number of nitrogens with two attached hydrogens (primary N) is 1. The second-order valence-corrected chi connectivity index (χ2v) is 4.91. The minimum atomic E-state index is 0.193. The van der Waals surface area contributed by atoms with E-state index in [-0.39, 0.29) is 5.41 Å². The molecule has 1 aromatic heterocycles. The van der Waals surface area contributed by atoms with Crippen molar-refractivity contribution in [3.05, 3.63) is 11.9 Å². The van der Waals surface area contributed by atoms with Crippen molar-refractivity contribution < 1.29 is 0 Å². The van der Waals surface area contributed by atoms with Crippen LogP contribution in [0.4, 0.5) is 0 Å². The summed E-state index contributed by atoms with van der Waals surface area (Å²) in [5.41, 5.74) is 7.44. The van der Waals surface area contributed by atoms with E-state index in [2.05, 4.69) is 24.2 Å². The molecule has 2 rings (SSSR count). The zero-order valence-corrected chi connectivity index (χ0v) is 9.61. The number of nitrogens with zero attached hydrogens (tertiary/aromatic N) is 3. The second-order valence-electron chi connectivity index (χ2n) is 4.91. The molecule has 0 amide bonds. The maximum Gasteiger partial charge on any atom is 0.0730 e. The Morgan fingerprint density at radius 1 is 1.67 bits per heavy atom. The third-order valence-corrected chi connectivity index (χ3v) is 3.45. The monoisotopic (exact) mass is 208 g/mol. The fraction of sp³-hybridized carbons (Fsp3) is 0.818. The average molecular weight is 208 g/mol. The fourth-order valence-electron chi connectivity index (χ4n) is 2.62. The first-order valence-corrected chi connectivity index (χ1v) is 5.80. The molecule has 84 valence electrons. The van der Waals surface area contributed by atoms with Crippen LogP contribution in [0.2, 0.25) is 0 Å². The number of rotatable bonds is 3. The van der Waals surface area contributed by atoms with Gasteiger partial charge in [-0.3, -0.25) is 0 Å². The normalized spacial score (nSPS) is 31.0. The van der Waals surface area contributed by atoms with Gasteiger partial charge < -0.3 is 5.73 Å². The van der Waals surface area contributed by atoms with Gasteiger partial charge in [-0.2, -0.15) is 0 Å². The molecule has 2 atom stereocenters. The molecule has 0 radical (unpaired) electrons. The van der Waals surface area contributed by atoms with Crippen LogP contribution in [0, 0.1) is 0 Å². The number of aromatic nitrogens is 3. The fourth-order valence-corrected chi connectivity index (χ4v) is 2.62. The SMILES string of the molecule is CCCn1nncc1C1(C)CCC(N)C1. The lowest BCUT2D eigenvalue weighted by molar-refractivity contribution is 0.419. The second kappa shape index (κ2) is 3.93. The van der Waals surface area contributed by atoms with Crippen molar-refractivity contribution in [2.45, 2.75) is 57.5 Å². The van der Waals surface area contributed by atoms with Crippen LogP contribution in [0.15, 0.2) is 6.20 Å². The van der Waals surface area contributed by atoms with Crippen LogP contribution in [0.5, 0.6) is 0 Å². The topological polar surface area (TPSA) is 56.7 Å². The van der Waals surface area contributed by atoms with Gasteiger partial charge in [0.1, 0.15) is 0 Å². The van der Waals surface area contributed by atoms with Gasteiger partial charge in [-0.15, -0.1) is 5.10 Å². The molecule has 2 unspecified atom stereocenters. The molecule has 2 N–H and O–H groups in total. The third kappa shape index (κ3) is 1.91. The maximum absolute atomic E-state index is 5.99. The molecule has 0 aromatic carbocycles. The summed E-state index contributed by atoms with van der Waals surface area (Å²) >= 11 is 0. The van der Waals surface area contributed by atoms with E-state index in [1.54, 1.807) is 0 Å². The molecule has 1 aliphatic carbocycles. The van der Waals surface area contributed by atoms with Crippen molar-refractivity contribution in [2.24, 2.45) is 5.73 Å². The summed E-state index contributed by atoms with van der Waals surface area (Å²) in [6.45, 7) is 5.40. The van der Waals surface area contributed by atoms with E-state index in [4.69, 9.17) is 5.73 Å². The highest BCUT2D eigenvalue weighted by Gasteiger charge is 2.37. The van der Waals surface area contributed by atoms with E-state index in [1.807, 2.05) is 10.9 Å². The number of hydrogen-bond acceptors (Lipinski definition) is 3. The molecule has 0 saturated heterocycles. The molecule has 1 heterocycles. The largest absolute Gasteiger partial charge is 0.328 e. The van der Waals surface area contributed by atoms with E-state index >= 15 is 0 Å². The molecule has 0 bridgehead atoms. The highest BCUT2D eigenvalue weighted by atomic mass is 15.4. The summed E-state index contributed by atoms with van der Waals surface area (Å²) in [6.07, 6.45) is 6.34. The maximum atomic E-state index is 5.99. The van der Waals surface area contributed by atoms with E-state index in [0.29, 0.717) is 6.04 Å². The van der Waals surface area contributed by atoms with E-state index < -0.39 is 0 Å². The summed E-state index contributed by atoms with van der Waals surface area (Å²) in [5, 5.41) is 8.17. The quantitative estimate of drug-likeness (QED) is 0.818. The van der Waals surface area contributed by atoms with Gasteiger partial charge in [0, 0.05) is 18.0 Å². The van der Waals surface area contributed by atoms with Crippen molar-refractivity contribution >= 4 is 0 Å². The van der Waals surface area contributed by atoms with Gasteiger partial charge in [-0.25, -0.2) is 4.68 Å². The smallest absolute Gasteiger partial charge is 0.0730 e. The first-order valence-electron chi connectivity index (χ1n) is 5.80. The van der Waals surface area contributed by atoms with Crippen LogP contribution in [0.1, 0.15) is 45.2 Å². The average Bonchev–Trinajstić information content (AvgIpc) is 2.75. The van der Waals surface area contributed by atoms with Gasteiger partial charge in [-0.05, 0) is 25.7 Å². The third-order valence-electron chi connectivity index (χ3n) is 3.45. The van der Waals surface area contributed by atoms with Crippen LogP contribution in [0.3, 0.4) is 0 Å². The molecule has 0 spiro atoms. The van der Waals surface area contributed by atoms with E-state index in [0.717, 1.165) is 32.2 Å². The van der Waals surface area contributed by atoms with Crippen molar-refractivity contribution in [3.63, 3.8) is 0 Å². The Bertz CT molecular complexity index is 333. The number of hydrogen-bond donors (Lipinski definition) is 1. The van der Waals surface area contributed by atoms with Gasteiger partial charge in [0.2, 0.25) is 0 Å². The predicted octanol–water partition coefficient (Wildman–Crippen LogP) is 1.46. The Hall–Kier alpha value is -0.900. The van der Waals surface area contributed by atoms with E-state index in [9.17, 15) is 0 Å². The first-order chi connectivity index (χ1) is 7.15. The van der Waals surface area contributed by atoms with Gasteiger partial charge in [-0.1, -0.05) is 19.1 Å². The predicted molar refractivity (Wildman–Crippen MR) is 59.5 cm³/mol. The minimum Gasteiger partial charge on any atom is -0.328 e. The van der Waals surface area contributed by atoms with Crippen LogP contribution in [0.25, 0.3) is 0 Å². The highest BCUT2D eigenvalue weighted by Crippen LogP contribution is 2.39. The van der Waals surface area contributed by atoms with Crippen molar-refractivity contribution in [1.29, 1.82) is 0 Å². The summed E-state index contributed by atoms with van der Waals surface area (Å²) < 4.78 is 2.04. The lowest BCUT2D eigenvalue weighted by atomic mass is 9.85. The lowest BCUT2D eigenvalue weighted by Gasteiger charge is -2.24. The molecule has 0 aliphatic heterocycles. The standard InChI is InChI=1S/C11H20N4/c1-3-6-15-10(8-13-14-15)11(2)5-4-9(12)7-11/h8-9H,3-7,12H2,1-2H3. The molecule has 1 fully saturated rings. The van der Waals surface area contributed by atoms with Crippen LogP contribution in [-0.2, 0) is 12.0 Å². The molecule has 15 heavy (non-hydrogen) atoms. The van der Waals surface area contributed by atoms with Crippen LogP contribution >= 0.6 is 0 Å². The zero-order valence-electron chi connectivity index (χ0n) is 9.61. The van der Waals surface area contributed by atoms with Gasteiger partial charge in [0.05, 0.1) is 11.9 Å². The Morgan fingerprint density at radius 3 is 3.07 bits per heavy atom. The Kier molecular flexibility index (Phi) is 2.78. The molecule has 1 saturated carbocycles. The first kappa shape index (κ1) is 10.6. The number of aryl methyl sites for hydroxylation is 1. The minimum absolute atomic E-state index is 0.193. The Balaban J connectivity index is 2.24. The summed E-state index contributed by atoms with van der Waals surface area (Å²) in [5.74, 6) is 0. The van der Waals surface area contributed by atoms with Gasteiger partial charge in [0.25, 0.3) is 0 Å². The van der Waals surface area contributed by atoms with Crippen LogP contribution < -0.4 is 5.73 Å². The molecule has 1 aromatic rings. The van der Waals surface area contributed by atoms with Gasteiger partial charge >= 0.3 is 0 Å². The lowest BCUT2D eigenvalue weighted by Crippen LogP contribution is -2.25. The van der Waals surface area contributed by atoms with E-state index in [1.165, 1.54) is 5.69 Å². The molecule has 4 heteroatoms. The van der Waals surface area contributed by atoms with Crippen molar-refractivity contribution in [3.8, 4) is 0 Å². The van der Waals surface area contributed by atoms with Crippen molar-refractivity contribution in [2.75, 3.05) is 0 Å². The summed E-state index contributed by atoms with van der Waals surface area (Å²) in [6, 6.07) is 0.347. The highest BCUT2D eigenvalue weighted by molar-refractivity contribution is 5.15. The summed E-state index contributed by atoms with van der Waals surface area (Å²) in [7, 11) is 0. The molecular weight excluding hydrogens is 188 g/mol. The zero-order chi connectivity index (χ0) is 10.9. The Morgan fingerprint density at radius 2 is 2.47 bits per heavy atom. The molecular formula is C11H20N4. The van der Waals surface area contributed by atoms with Gasteiger partial charge in [0.15, 0.2) is 0 Å². The molecule has 1 aliphatic rings. The Labute approximate surface area is 90.8 Å². The van der Waals surface area contributed by atoms with Crippen molar-refractivity contribution in [1.82, 2.24) is 15.0 Å².